The minimum atomic E-state index is -0.342. The van der Waals surface area contributed by atoms with Crippen molar-refractivity contribution in [3.63, 3.8) is 0 Å². The van der Waals surface area contributed by atoms with E-state index in [-0.39, 0.29) is 18.6 Å². The van der Waals surface area contributed by atoms with Gasteiger partial charge in [-0.2, -0.15) is 0 Å². The molecule has 1 aliphatic heterocycles. The number of methoxy groups -OCH3 is 2. The summed E-state index contributed by atoms with van der Waals surface area (Å²) in [7, 11) is 3.32. The van der Waals surface area contributed by atoms with Crippen molar-refractivity contribution in [1.29, 1.82) is 0 Å². The van der Waals surface area contributed by atoms with Crippen molar-refractivity contribution in [2.45, 2.75) is 38.3 Å². The molecular weight excluding hydrogens is 480 g/mol. The fraction of sp³-hybridized carbons (Fsp3) is 0.367. The smallest absolute Gasteiger partial charge is 0.338 e. The Morgan fingerprint density at radius 2 is 1.97 bits per heavy atom. The molecule has 1 saturated heterocycles. The zero-order valence-corrected chi connectivity index (χ0v) is 22.1. The van der Waals surface area contributed by atoms with E-state index in [1.807, 2.05) is 36.7 Å². The van der Waals surface area contributed by atoms with Gasteiger partial charge < -0.3 is 19.2 Å². The Balaban J connectivity index is 1.45. The molecule has 3 heterocycles. The zero-order valence-electron chi connectivity index (χ0n) is 22.1. The van der Waals surface area contributed by atoms with Crippen LogP contribution in [-0.2, 0) is 16.0 Å². The summed E-state index contributed by atoms with van der Waals surface area (Å²) in [5.41, 5.74) is 6.20. The van der Waals surface area contributed by atoms with Crippen LogP contribution in [0.5, 0.6) is 5.75 Å². The normalized spacial score (nSPS) is 18.0. The molecule has 38 heavy (non-hydrogen) atoms. The number of aromatic amines is 1. The SMILES string of the molecule is COCCOC(=O)c1ccc([C@@H]2C[C@@H](c3cnccn3)CCN2Cc2c(OC)cc(C)c3[nH]ccc23)cc1. The number of fused-ring (bicyclic) bond motifs is 1. The highest BCUT2D eigenvalue weighted by atomic mass is 16.6. The summed E-state index contributed by atoms with van der Waals surface area (Å²) in [6, 6.07) is 12.2. The highest BCUT2D eigenvalue weighted by Gasteiger charge is 2.32. The van der Waals surface area contributed by atoms with Gasteiger partial charge in [0.2, 0.25) is 0 Å². The molecule has 1 N–H and O–H groups in total. The van der Waals surface area contributed by atoms with E-state index in [0.29, 0.717) is 18.1 Å². The molecule has 0 spiro atoms. The number of likely N-dealkylation sites (tertiary alicyclic amines) is 1. The van der Waals surface area contributed by atoms with Crippen LogP contribution in [0.1, 0.15) is 57.5 Å². The molecule has 0 bridgehead atoms. The van der Waals surface area contributed by atoms with Gasteiger partial charge in [-0.15, -0.1) is 0 Å². The van der Waals surface area contributed by atoms with Crippen LogP contribution in [0.2, 0.25) is 0 Å². The summed E-state index contributed by atoms with van der Waals surface area (Å²) in [5.74, 6) is 0.861. The summed E-state index contributed by atoms with van der Waals surface area (Å²) in [5, 5.41) is 1.19. The second kappa shape index (κ2) is 11.8. The lowest BCUT2D eigenvalue weighted by Gasteiger charge is -2.40. The average molecular weight is 515 g/mol. The molecule has 2 atom stereocenters. The Morgan fingerprint density at radius 1 is 1.13 bits per heavy atom. The van der Waals surface area contributed by atoms with Gasteiger partial charge in [-0.25, -0.2) is 4.79 Å². The number of nitrogens with one attached hydrogen (secondary N) is 1. The predicted molar refractivity (Wildman–Crippen MR) is 145 cm³/mol. The van der Waals surface area contributed by atoms with Crippen LogP contribution in [0, 0.1) is 6.92 Å². The minimum absolute atomic E-state index is 0.134. The molecule has 8 nitrogen and oxygen atoms in total. The lowest BCUT2D eigenvalue weighted by Crippen LogP contribution is -2.36. The second-order valence-corrected chi connectivity index (χ2v) is 9.73. The predicted octanol–water partition coefficient (Wildman–Crippen LogP) is 5.20. The highest BCUT2D eigenvalue weighted by Crippen LogP contribution is 2.41. The van der Waals surface area contributed by atoms with E-state index in [1.54, 1.807) is 26.6 Å². The number of rotatable bonds is 9. The third-order valence-corrected chi connectivity index (χ3v) is 7.46. The maximum atomic E-state index is 12.4. The fourth-order valence-electron chi connectivity index (χ4n) is 5.47. The van der Waals surface area contributed by atoms with Gasteiger partial charge in [0.1, 0.15) is 12.4 Å². The van der Waals surface area contributed by atoms with E-state index in [0.717, 1.165) is 54.0 Å². The van der Waals surface area contributed by atoms with Crippen LogP contribution in [0.3, 0.4) is 0 Å². The van der Waals surface area contributed by atoms with Gasteiger partial charge in [0.05, 0.1) is 25.0 Å². The summed E-state index contributed by atoms with van der Waals surface area (Å²) in [6.45, 7) is 4.36. The van der Waals surface area contributed by atoms with E-state index in [2.05, 4.69) is 38.9 Å². The van der Waals surface area contributed by atoms with Gasteiger partial charge in [-0.3, -0.25) is 14.9 Å². The first-order valence-corrected chi connectivity index (χ1v) is 13.0. The van der Waals surface area contributed by atoms with Crippen molar-refractivity contribution in [3.8, 4) is 5.75 Å². The molecule has 2 aromatic carbocycles. The monoisotopic (exact) mass is 514 g/mol. The van der Waals surface area contributed by atoms with Gasteiger partial charge >= 0.3 is 5.97 Å². The van der Waals surface area contributed by atoms with E-state index in [1.165, 1.54) is 10.9 Å². The number of ether oxygens (including phenoxy) is 3. The van der Waals surface area contributed by atoms with Gasteiger partial charge in [0.15, 0.2) is 0 Å². The highest BCUT2D eigenvalue weighted by molar-refractivity contribution is 5.89. The van der Waals surface area contributed by atoms with Crippen molar-refractivity contribution in [1.82, 2.24) is 19.9 Å². The van der Waals surface area contributed by atoms with Crippen LogP contribution >= 0.6 is 0 Å². The molecule has 1 fully saturated rings. The zero-order chi connectivity index (χ0) is 26.5. The molecule has 0 radical (unpaired) electrons. The first-order valence-electron chi connectivity index (χ1n) is 13.0. The number of hydrogen-bond acceptors (Lipinski definition) is 7. The molecular formula is C30H34N4O4. The van der Waals surface area contributed by atoms with Crippen LogP contribution in [-0.4, -0.2) is 59.8 Å². The maximum absolute atomic E-state index is 12.4. The first-order chi connectivity index (χ1) is 18.6. The lowest BCUT2D eigenvalue weighted by atomic mass is 9.84. The van der Waals surface area contributed by atoms with Crippen LogP contribution < -0.4 is 4.74 Å². The third-order valence-electron chi connectivity index (χ3n) is 7.46. The molecule has 2 aromatic heterocycles. The molecule has 198 valence electrons. The Bertz CT molecular complexity index is 1370. The van der Waals surface area contributed by atoms with Crippen LogP contribution in [0.25, 0.3) is 10.9 Å². The van der Waals surface area contributed by atoms with Gasteiger partial charge in [-0.1, -0.05) is 12.1 Å². The molecule has 1 aliphatic rings. The number of aromatic nitrogens is 3. The Morgan fingerprint density at radius 3 is 2.71 bits per heavy atom. The van der Waals surface area contributed by atoms with Crippen LogP contribution in [0.15, 0.2) is 61.2 Å². The number of nitrogens with zero attached hydrogens (tertiary/aromatic N) is 3. The van der Waals surface area contributed by atoms with E-state index in [9.17, 15) is 4.79 Å². The minimum Gasteiger partial charge on any atom is -0.496 e. The second-order valence-electron chi connectivity index (χ2n) is 9.73. The average Bonchev–Trinajstić information content (AvgIpc) is 3.46. The molecule has 0 saturated carbocycles. The maximum Gasteiger partial charge on any atom is 0.338 e. The van der Waals surface area contributed by atoms with Crippen molar-refractivity contribution < 1.29 is 19.0 Å². The number of H-pyrrole nitrogens is 1. The topological polar surface area (TPSA) is 89.6 Å². The summed E-state index contributed by atoms with van der Waals surface area (Å²) >= 11 is 0. The Hall–Kier alpha value is -3.75. The fourth-order valence-corrected chi connectivity index (χ4v) is 5.47. The number of aryl methyl sites for hydroxylation is 1. The van der Waals surface area contributed by atoms with Gasteiger partial charge in [0, 0.05) is 66.9 Å². The van der Waals surface area contributed by atoms with Crippen LogP contribution in [0.4, 0.5) is 0 Å². The number of benzene rings is 2. The summed E-state index contributed by atoms with van der Waals surface area (Å²) in [6.07, 6.45) is 9.24. The van der Waals surface area contributed by atoms with Crippen molar-refractivity contribution in [2.75, 3.05) is 34.0 Å². The Kier molecular flexibility index (Phi) is 8.00. The van der Waals surface area contributed by atoms with E-state index < -0.39 is 0 Å². The number of carbonyl (C=O) groups excluding carboxylic acids is 1. The third kappa shape index (κ3) is 5.42. The molecule has 5 rings (SSSR count). The molecule has 0 amide bonds. The molecule has 4 aromatic rings. The number of piperidine rings is 1. The molecule has 8 heteroatoms. The van der Waals surface area contributed by atoms with Gasteiger partial charge in [0.25, 0.3) is 0 Å². The van der Waals surface area contributed by atoms with Crippen molar-refractivity contribution in [3.05, 3.63) is 89.1 Å². The van der Waals surface area contributed by atoms with E-state index >= 15 is 0 Å². The largest absolute Gasteiger partial charge is 0.496 e. The lowest BCUT2D eigenvalue weighted by molar-refractivity contribution is 0.0388. The first kappa shape index (κ1) is 25.9. The van der Waals surface area contributed by atoms with E-state index in [4.69, 9.17) is 14.2 Å². The number of hydrogen-bond donors (Lipinski definition) is 1. The quantitative estimate of drug-likeness (QED) is 0.243. The van der Waals surface area contributed by atoms with Gasteiger partial charge in [-0.05, 0) is 61.7 Å². The molecule has 0 unspecified atom stereocenters. The standard InChI is InChI=1S/C30H34N4O4/c1-20-16-28(37-3)25(24-8-10-33-29(20)24)19-34-13-9-23(26-18-31-11-12-32-26)17-27(34)21-4-6-22(7-5-21)30(35)38-15-14-36-2/h4-8,10-12,16,18,23,27,33H,9,13-15,17,19H2,1-3H3/t23-,27-/m0/s1. The number of carbonyl (C=O) groups is 1. The number of esters is 1. The molecule has 0 aliphatic carbocycles. The Labute approximate surface area is 223 Å². The van der Waals surface area contributed by atoms with Crippen molar-refractivity contribution in [2.24, 2.45) is 0 Å². The summed E-state index contributed by atoms with van der Waals surface area (Å²) < 4.78 is 16.1. The van der Waals surface area contributed by atoms with Crippen molar-refractivity contribution >= 4 is 16.9 Å². The summed E-state index contributed by atoms with van der Waals surface area (Å²) in [4.78, 5) is 27.2.